The Morgan fingerprint density at radius 1 is 0.710 bits per heavy atom. The summed E-state index contributed by atoms with van der Waals surface area (Å²) in [4.78, 5) is 12.7. The topological polar surface area (TPSA) is 66.8 Å². The summed E-state index contributed by atoms with van der Waals surface area (Å²) in [5.41, 5.74) is 0. The summed E-state index contributed by atoms with van der Waals surface area (Å²) in [5, 5.41) is 19.1. The van der Waals surface area contributed by atoms with Gasteiger partial charge in [0, 0.05) is 0 Å². The van der Waals surface area contributed by atoms with Crippen molar-refractivity contribution < 1.29 is 19.7 Å². The van der Waals surface area contributed by atoms with Crippen molar-refractivity contribution in [3.05, 3.63) is 0 Å². The molecule has 0 bridgehead atoms. The van der Waals surface area contributed by atoms with Crippen molar-refractivity contribution in [3.8, 4) is 0 Å². The van der Waals surface area contributed by atoms with Crippen LogP contribution in [0.25, 0.3) is 0 Å². The summed E-state index contributed by atoms with van der Waals surface area (Å²) in [6.45, 7) is 6.20. The third kappa shape index (κ3) is 18.6. The van der Waals surface area contributed by atoms with Crippen LogP contribution in [-0.2, 0) is 9.53 Å². The Morgan fingerprint density at radius 2 is 1.16 bits per heavy atom. The molecule has 0 rings (SSSR count). The van der Waals surface area contributed by atoms with Crippen LogP contribution < -0.4 is 0 Å². The zero-order chi connectivity index (χ0) is 23.2. The fourth-order valence-electron chi connectivity index (χ4n) is 4.20. The van der Waals surface area contributed by atoms with E-state index in [-0.39, 0.29) is 24.6 Å². The molecule has 0 spiro atoms. The van der Waals surface area contributed by atoms with Crippen LogP contribution in [0.3, 0.4) is 0 Å². The predicted molar refractivity (Wildman–Crippen MR) is 131 cm³/mol. The molecule has 0 aliphatic heterocycles. The van der Waals surface area contributed by atoms with E-state index in [0.29, 0.717) is 6.42 Å². The molecule has 186 valence electrons. The van der Waals surface area contributed by atoms with Crippen LogP contribution in [0, 0.1) is 5.92 Å². The quantitative estimate of drug-likeness (QED) is 0.128. The lowest BCUT2D eigenvalue weighted by atomic mass is 9.94. The van der Waals surface area contributed by atoms with Gasteiger partial charge in [0.15, 0.2) is 0 Å². The van der Waals surface area contributed by atoms with Gasteiger partial charge in [-0.15, -0.1) is 0 Å². The average Bonchev–Trinajstić information content (AvgIpc) is 2.78. The smallest absolute Gasteiger partial charge is 0.309 e. The van der Waals surface area contributed by atoms with E-state index in [9.17, 15) is 15.0 Å². The highest BCUT2D eigenvalue weighted by atomic mass is 16.5. The molecule has 4 heteroatoms. The molecule has 0 aliphatic carbocycles. The van der Waals surface area contributed by atoms with Gasteiger partial charge in [0.25, 0.3) is 0 Å². The Kier molecular flexibility index (Phi) is 22.1. The summed E-state index contributed by atoms with van der Waals surface area (Å²) >= 11 is 0. The molecular weight excluding hydrogens is 388 g/mol. The fraction of sp³-hybridized carbons (Fsp3) is 0.963. The molecule has 2 N–H and O–H groups in total. The third-order valence-corrected chi connectivity index (χ3v) is 6.37. The van der Waals surface area contributed by atoms with Gasteiger partial charge >= 0.3 is 5.97 Å². The molecule has 0 amide bonds. The van der Waals surface area contributed by atoms with E-state index < -0.39 is 6.10 Å². The maximum Gasteiger partial charge on any atom is 0.309 e. The van der Waals surface area contributed by atoms with Crippen LogP contribution in [0.4, 0.5) is 0 Å². The van der Waals surface area contributed by atoms with Crippen molar-refractivity contribution in [3.63, 3.8) is 0 Å². The Hall–Kier alpha value is -0.610. The highest BCUT2D eigenvalue weighted by molar-refractivity contribution is 5.72. The van der Waals surface area contributed by atoms with Crippen molar-refractivity contribution in [1.82, 2.24) is 0 Å². The SMILES string of the molecule is CCCCCCCCCCCCCCC(CC(O)CO)C(=O)OC(CC)CCCCC. The third-order valence-electron chi connectivity index (χ3n) is 6.37. The Labute approximate surface area is 193 Å². The number of ether oxygens (including phenoxy) is 1. The summed E-state index contributed by atoms with van der Waals surface area (Å²) < 4.78 is 5.78. The van der Waals surface area contributed by atoms with Gasteiger partial charge < -0.3 is 14.9 Å². The van der Waals surface area contributed by atoms with Gasteiger partial charge in [-0.25, -0.2) is 0 Å². The largest absolute Gasteiger partial charge is 0.462 e. The van der Waals surface area contributed by atoms with Gasteiger partial charge in [-0.3, -0.25) is 4.79 Å². The molecule has 0 aromatic rings. The molecule has 0 radical (unpaired) electrons. The molecule has 3 unspecified atom stereocenters. The van der Waals surface area contributed by atoms with Crippen molar-refractivity contribution in [2.75, 3.05) is 6.61 Å². The Morgan fingerprint density at radius 3 is 1.65 bits per heavy atom. The van der Waals surface area contributed by atoms with Crippen LogP contribution in [0.15, 0.2) is 0 Å². The van der Waals surface area contributed by atoms with E-state index in [2.05, 4.69) is 20.8 Å². The number of esters is 1. The number of unbranched alkanes of at least 4 members (excludes halogenated alkanes) is 13. The summed E-state index contributed by atoms with van der Waals surface area (Å²) in [7, 11) is 0. The lowest BCUT2D eigenvalue weighted by molar-refractivity contribution is -0.156. The lowest BCUT2D eigenvalue weighted by Gasteiger charge is -2.22. The molecule has 0 fully saturated rings. The van der Waals surface area contributed by atoms with E-state index >= 15 is 0 Å². The minimum Gasteiger partial charge on any atom is -0.462 e. The first-order chi connectivity index (χ1) is 15.1. The van der Waals surface area contributed by atoms with Crippen LogP contribution in [0.5, 0.6) is 0 Å². The maximum absolute atomic E-state index is 12.7. The molecule has 0 heterocycles. The lowest BCUT2D eigenvalue weighted by Crippen LogP contribution is -2.28. The summed E-state index contributed by atoms with van der Waals surface area (Å²) in [6.07, 6.45) is 20.9. The van der Waals surface area contributed by atoms with Gasteiger partial charge in [0.1, 0.15) is 6.10 Å². The highest BCUT2D eigenvalue weighted by Crippen LogP contribution is 2.21. The molecule has 4 nitrogen and oxygen atoms in total. The maximum atomic E-state index is 12.7. The van der Waals surface area contributed by atoms with E-state index in [4.69, 9.17) is 4.74 Å². The molecule has 3 atom stereocenters. The van der Waals surface area contributed by atoms with Crippen LogP contribution in [0.2, 0.25) is 0 Å². The minimum absolute atomic E-state index is 0.0187. The second-order valence-corrected chi connectivity index (χ2v) is 9.41. The average molecular weight is 443 g/mol. The van der Waals surface area contributed by atoms with Crippen molar-refractivity contribution in [1.29, 1.82) is 0 Å². The van der Waals surface area contributed by atoms with Gasteiger partial charge in [-0.1, -0.05) is 111 Å². The first kappa shape index (κ1) is 30.4. The Balaban J connectivity index is 4.08. The first-order valence-corrected chi connectivity index (χ1v) is 13.6. The van der Waals surface area contributed by atoms with Gasteiger partial charge in [0.2, 0.25) is 0 Å². The monoisotopic (exact) mass is 442 g/mol. The van der Waals surface area contributed by atoms with E-state index in [1.165, 1.54) is 70.6 Å². The number of rotatable bonds is 23. The normalized spacial score (nSPS) is 14.4. The molecular formula is C27H54O4. The molecule has 0 saturated heterocycles. The number of carbonyl (C=O) groups is 1. The van der Waals surface area contributed by atoms with Crippen molar-refractivity contribution in [2.24, 2.45) is 5.92 Å². The zero-order valence-electron chi connectivity index (χ0n) is 21.1. The van der Waals surface area contributed by atoms with Gasteiger partial charge in [-0.05, 0) is 32.1 Å². The fourth-order valence-corrected chi connectivity index (χ4v) is 4.20. The number of aliphatic hydroxyl groups is 2. The van der Waals surface area contributed by atoms with Crippen LogP contribution in [0.1, 0.15) is 143 Å². The summed E-state index contributed by atoms with van der Waals surface area (Å²) in [6, 6.07) is 0. The molecule has 31 heavy (non-hydrogen) atoms. The molecule has 0 aliphatic rings. The van der Waals surface area contributed by atoms with E-state index in [1.54, 1.807) is 0 Å². The number of hydrogen-bond donors (Lipinski definition) is 2. The van der Waals surface area contributed by atoms with Crippen LogP contribution >= 0.6 is 0 Å². The second kappa shape index (κ2) is 22.6. The second-order valence-electron chi connectivity index (χ2n) is 9.41. The first-order valence-electron chi connectivity index (χ1n) is 13.6. The molecule has 0 aromatic heterocycles. The molecule has 0 saturated carbocycles. The predicted octanol–water partition coefficient (Wildman–Crippen LogP) is 7.34. The molecule has 0 aromatic carbocycles. The summed E-state index contributed by atoms with van der Waals surface area (Å²) in [5.74, 6) is -0.482. The number of hydrogen-bond acceptors (Lipinski definition) is 4. The highest BCUT2D eigenvalue weighted by Gasteiger charge is 2.25. The van der Waals surface area contributed by atoms with Crippen molar-refractivity contribution in [2.45, 2.75) is 155 Å². The number of aliphatic hydroxyl groups excluding tert-OH is 2. The van der Waals surface area contributed by atoms with E-state index in [1.807, 2.05) is 0 Å². The van der Waals surface area contributed by atoms with Gasteiger partial charge in [0.05, 0.1) is 18.6 Å². The standard InChI is InChI=1S/C27H54O4/c1-4-7-9-10-11-12-13-14-15-16-17-19-20-24(22-25(29)23-28)27(30)31-26(6-3)21-18-8-5-2/h24-26,28-29H,4-23H2,1-3H3. The van der Waals surface area contributed by atoms with E-state index in [0.717, 1.165) is 44.9 Å². The van der Waals surface area contributed by atoms with Crippen LogP contribution in [-0.4, -0.2) is 35.0 Å². The van der Waals surface area contributed by atoms with Crippen molar-refractivity contribution >= 4 is 5.97 Å². The minimum atomic E-state index is -0.838. The van der Waals surface area contributed by atoms with Gasteiger partial charge in [-0.2, -0.15) is 0 Å². The Bertz CT molecular complexity index is 385. The zero-order valence-corrected chi connectivity index (χ0v) is 21.1. The number of carbonyl (C=O) groups excluding carboxylic acids is 1.